The van der Waals surface area contributed by atoms with E-state index in [1.165, 1.54) is 6.92 Å². The lowest BCUT2D eigenvalue weighted by Crippen LogP contribution is -2.39. The number of esters is 1. The van der Waals surface area contributed by atoms with Crippen molar-refractivity contribution < 1.29 is 24.5 Å². The molecule has 156 valence electrons. The van der Waals surface area contributed by atoms with Gasteiger partial charge in [-0.25, -0.2) is 0 Å². The Balaban J connectivity index is 1.87. The maximum Gasteiger partial charge on any atom is 0.308 e. The summed E-state index contributed by atoms with van der Waals surface area (Å²) in [6.45, 7) is 3.00. The third kappa shape index (κ3) is 2.87. The van der Waals surface area contributed by atoms with E-state index < -0.39 is 6.10 Å². The van der Waals surface area contributed by atoms with Crippen LogP contribution in [-0.2, 0) is 17.9 Å². The van der Waals surface area contributed by atoms with Crippen molar-refractivity contribution in [2.24, 2.45) is 0 Å². The Morgan fingerprint density at radius 3 is 2.70 bits per heavy atom. The number of benzene rings is 3. The van der Waals surface area contributed by atoms with Crippen molar-refractivity contribution in [2.45, 2.75) is 45.1 Å². The molecule has 0 aromatic heterocycles. The molecular formula is C24H25NO5. The fourth-order valence-electron chi connectivity index (χ4n) is 5.24. The van der Waals surface area contributed by atoms with Crippen LogP contribution in [0.1, 0.15) is 42.6 Å². The molecule has 2 aliphatic rings. The quantitative estimate of drug-likeness (QED) is 0.393. The number of methoxy groups -OCH3 is 1. The van der Waals surface area contributed by atoms with E-state index in [4.69, 9.17) is 9.47 Å². The summed E-state index contributed by atoms with van der Waals surface area (Å²) in [6.07, 6.45) is 1.49. The van der Waals surface area contributed by atoms with E-state index in [-0.39, 0.29) is 18.6 Å². The van der Waals surface area contributed by atoms with Gasteiger partial charge in [-0.1, -0.05) is 6.07 Å². The van der Waals surface area contributed by atoms with Gasteiger partial charge in [-0.05, 0) is 76.3 Å². The number of hydrogen-bond acceptors (Lipinski definition) is 6. The first-order valence-corrected chi connectivity index (χ1v) is 10.3. The highest BCUT2D eigenvalue weighted by molar-refractivity contribution is 6.12. The van der Waals surface area contributed by atoms with Crippen molar-refractivity contribution in [2.75, 3.05) is 13.7 Å². The number of ether oxygens (including phenoxy) is 2. The van der Waals surface area contributed by atoms with Gasteiger partial charge in [0.05, 0.1) is 19.8 Å². The second-order valence-corrected chi connectivity index (χ2v) is 8.19. The van der Waals surface area contributed by atoms with Crippen LogP contribution < -0.4 is 9.47 Å². The number of carbonyl (C=O) groups is 1. The Hall–Kier alpha value is -2.67. The summed E-state index contributed by atoms with van der Waals surface area (Å²) in [5, 5.41) is 25.0. The minimum absolute atomic E-state index is 0.130. The van der Waals surface area contributed by atoms with E-state index in [0.717, 1.165) is 58.6 Å². The zero-order valence-electron chi connectivity index (χ0n) is 17.1. The van der Waals surface area contributed by atoms with Crippen LogP contribution >= 0.6 is 0 Å². The Labute approximate surface area is 174 Å². The SMILES string of the molecule is COc1cc2c3c(c4ccc(OC(C)=O)cc4c2cc1CO)[C@H](O)[C@@H]1CCCN1C3. The van der Waals surface area contributed by atoms with Crippen molar-refractivity contribution in [3.8, 4) is 11.5 Å². The Morgan fingerprint density at radius 2 is 1.97 bits per heavy atom. The zero-order valence-corrected chi connectivity index (χ0v) is 17.1. The molecule has 2 heterocycles. The van der Waals surface area contributed by atoms with Gasteiger partial charge >= 0.3 is 5.97 Å². The van der Waals surface area contributed by atoms with Crippen molar-refractivity contribution in [1.82, 2.24) is 4.90 Å². The summed E-state index contributed by atoms with van der Waals surface area (Å²) < 4.78 is 10.9. The molecular weight excluding hydrogens is 382 g/mol. The van der Waals surface area contributed by atoms with E-state index in [1.807, 2.05) is 24.3 Å². The Bertz CT molecular complexity index is 1170. The predicted molar refractivity (Wildman–Crippen MR) is 114 cm³/mol. The largest absolute Gasteiger partial charge is 0.496 e. The summed E-state index contributed by atoms with van der Waals surface area (Å²) >= 11 is 0. The van der Waals surface area contributed by atoms with Gasteiger partial charge in [0, 0.05) is 25.1 Å². The van der Waals surface area contributed by atoms with Gasteiger partial charge in [0.1, 0.15) is 11.5 Å². The molecule has 0 unspecified atom stereocenters. The number of aliphatic hydroxyl groups is 2. The maximum atomic E-state index is 11.5. The van der Waals surface area contributed by atoms with E-state index in [0.29, 0.717) is 17.1 Å². The van der Waals surface area contributed by atoms with Gasteiger partial charge in [-0.3, -0.25) is 9.69 Å². The molecule has 0 amide bonds. The molecule has 2 aliphatic heterocycles. The highest BCUT2D eigenvalue weighted by atomic mass is 16.5. The highest BCUT2D eigenvalue weighted by Crippen LogP contribution is 2.46. The van der Waals surface area contributed by atoms with Crippen LogP contribution in [0.15, 0.2) is 30.3 Å². The second-order valence-electron chi connectivity index (χ2n) is 8.19. The summed E-state index contributed by atoms with van der Waals surface area (Å²) in [6, 6.07) is 9.59. The molecule has 0 aliphatic carbocycles. The van der Waals surface area contributed by atoms with Crippen LogP contribution in [0.3, 0.4) is 0 Å². The molecule has 0 radical (unpaired) electrons. The van der Waals surface area contributed by atoms with Crippen molar-refractivity contribution in [3.05, 3.63) is 47.0 Å². The topological polar surface area (TPSA) is 79.2 Å². The van der Waals surface area contributed by atoms with E-state index in [2.05, 4.69) is 4.90 Å². The molecule has 3 aromatic rings. The molecule has 5 rings (SSSR count). The van der Waals surface area contributed by atoms with Gasteiger partial charge in [-0.2, -0.15) is 0 Å². The number of fused-ring (bicyclic) bond motifs is 7. The molecule has 6 nitrogen and oxygen atoms in total. The van der Waals surface area contributed by atoms with Crippen LogP contribution in [0.5, 0.6) is 11.5 Å². The van der Waals surface area contributed by atoms with Crippen molar-refractivity contribution >= 4 is 27.5 Å². The zero-order chi connectivity index (χ0) is 21.0. The average molecular weight is 407 g/mol. The summed E-state index contributed by atoms with van der Waals surface area (Å²) in [4.78, 5) is 13.8. The number of rotatable bonds is 3. The van der Waals surface area contributed by atoms with Gasteiger partial charge in [0.15, 0.2) is 0 Å². The lowest BCUT2D eigenvalue weighted by molar-refractivity contribution is -0.131. The molecule has 3 aromatic carbocycles. The van der Waals surface area contributed by atoms with Gasteiger partial charge < -0.3 is 19.7 Å². The monoisotopic (exact) mass is 407 g/mol. The minimum atomic E-state index is -0.578. The molecule has 6 heteroatoms. The lowest BCUT2D eigenvalue weighted by atomic mass is 9.83. The first-order chi connectivity index (χ1) is 14.5. The van der Waals surface area contributed by atoms with Gasteiger partial charge in [0.25, 0.3) is 0 Å². The first-order valence-electron chi connectivity index (χ1n) is 10.3. The van der Waals surface area contributed by atoms with Crippen LogP contribution in [0.4, 0.5) is 0 Å². The van der Waals surface area contributed by atoms with E-state index >= 15 is 0 Å². The molecule has 0 saturated carbocycles. The summed E-state index contributed by atoms with van der Waals surface area (Å²) in [7, 11) is 1.60. The smallest absolute Gasteiger partial charge is 0.308 e. The number of carbonyl (C=O) groups excluding carboxylic acids is 1. The van der Waals surface area contributed by atoms with Crippen LogP contribution in [0.2, 0.25) is 0 Å². The standard InChI is InChI=1S/C24H25NO5/c1-13(27)30-15-5-6-16-18(9-15)17-8-14(12-26)22(29-2)10-19(17)20-11-25-7-3-4-21(25)24(28)23(16)20/h5-6,8-10,21,24,26,28H,3-4,7,11-12H2,1-2H3/t21-,24+/m0/s1. The molecule has 1 fully saturated rings. The van der Waals surface area contributed by atoms with E-state index in [9.17, 15) is 15.0 Å². The van der Waals surface area contributed by atoms with Gasteiger partial charge in [0.2, 0.25) is 0 Å². The van der Waals surface area contributed by atoms with Gasteiger partial charge in [-0.15, -0.1) is 0 Å². The molecule has 2 atom stereocenters. The fraction of sp³-hybridized carbons (Fsp3) is 0.375. The third-order valence-corrected chi connectivity index (χ3v) is 6.51. The van der Waals surface area contributed by atoms with E-state index in [1.54, 1.807) is 13.2 Å². The number of aliphatic hydroxyl groups excluding tert-OH is 2. The second kappa shape index (κ2) is 7.23. The highest BCUT2D eigenvalue weighted by Gasteiger charge is 2.39. The number of hydrogen-bond donors (Lipinski definition) is 2. The van der Waals surface area contributed by atoms with Crippen molar-refractivity contribution in [1.29, 1.82) is 0 Å². The Kier molecular flexibility index (Phi) is 4.65. The molecule has 0 bridgehead atoms. The molecule has 0 spiro atoms. The fourth-order valence-corrected chi connectivity index (χ4v) is 5.24. The van der Waals surface area contributed by atoms with Crippen LogP contribution in [-0.4, -0.2) is 40.8 Å². The molecule has 2 N–H and O–H groups in total. The maximum absolute atomic E-state index is 11.5. The Morgan fingerprint density at radius 1 is 1.17 bits per heavy atom. The molecule has 1 saturated heterocycles. The average Bonchev–Trinajstić information content (AvgIpc) is 3.21. The normalized spacial score (nSPS) is 20.9. The van der Waals surface area contributed by atoms with Crippen molar-refractivity contribution in [3.63, 3.8) is 0 Å². The lowest BCUT2D eigenvalue weighted by Gasteiger charge is -2.37. The molecule has 30 heavy (non-hydrogen) atoms. The summed E-state index contributed by atoms with van der Waals surface area (Å²) in [5.41, 5.74) is 2.75. The van der Waals surface area contributed by atoms with Crippen LogP contribution in [0, 0.1) is 0 Å². The first kappa shape index (κ1) is 19.3. The number of nitrogens with zero attached hydrogens (tertiary/aromatic N) is 1. The summed E-state index contributed by atoms with van der Waals surface area (Å²) in [5.74, 6) is 0.710. The third-order valence-electron chi connectivity index (χ3n) is 6.51. The predicted octanol–water partition coefficient (Wildman–Crippen LogP) is 3.43. The van der Waals surface area contributed by atoms with Crippen LogP contribution in [0.25, 0.3) is 21.5 Å². The minimum Gasteiger partial charge on any atom is -0.496 e.